The Morgan fingerprint density at radius 1 is 1.25 bits per heavy atom. The zero-order chi connectivity index (χ0) is 25.0. The zero-order valence-electron chi connectivity index (χ0n) is 19.1. The van der Waals surface area contributed by atoms with Crippen LogP contribution in [0.4, 0.5) is 4.39 Å². The van der Waals surface area contributed by atoms with Crippen LogP contribution in [0.15, 0.2) is 66.1 Å². The van der Waals surface area contributed by atoms with Gasteiger partial charge in [-0.2, -0.15) is 0 Å². The molecule has 1 aliphatic rings. The van der Waals surface area contributed by atoms with E-state index in [9.17, 15) is 9.90 Å². The van der Waals surface area contributed by atoms with Crippen LogP contribution in [0.5, 0.6) is 5.75 Å². The van der Waals surface area contributed by atoms with Gasteiger partial charge in [0, 0.05) is 34.8 Å². The number of H-pyrrole nitrogens is 1. The minimum absolute atomic E-state index is 0.219. The van der Waals surface area contributed by atoms with Gasteiger partial charge in [0.15, 0.2) is 0 Å². The van der Waals surface area contributed by atoms with Gasteiger partial charge >= 0.3 is 0 Å². The standard InChI is InChI=1S/C28H21ClFN3O3/c1-15(34)26-24(19-7-4-10-31-28(19)35)25-22(13-20(30)18-8-5-11-36-27(18)25)33(26)14-16-12-23(29)32-21-9-3-2-6-17(16)21/h2-4,6-7,9-10,12-13,34H,1,5,8,11,14H2,(H,31,35). The predicted octanol–water partition coefficient (Wildman–Crippen LogP) is 6.24. The van der Waals surface area contributed by atoms with Crippen molar-refractivity contribution in [2.45, 2.75) is 19.4 Å². The molecule has 0 radical (unpaired) electrons. The Hall–Kier alpha value is -4.10. The van der Waals surface area contributed by atoms with Gasteiger partial charge in [0.05, 0.1) is 28.7 Å². The Kier molecular flexibility index (Phi) is 5.30. The van der Waals surface area contributed by atoms with Crippen molar-refractivity contribution < 1.29 is 14.2 Å². The number of halogens is 2. The second-order valence-electron chi connectivity index (χ2n) is 8.80. The van der Waals surface area contributed by atoms with Crippen LogP contribution in [0.2, 0.25) is 5.15 Å². The van der Waals surface area contributed by atoms with Crippen molar-refractivity contribution in [1.29, 1.82) is 0 Å². The number of ether oxygens (including phenoxy) is 1. The molecule has 0 saturated carbocycles. The third kappa shape index (κ3) is 3.46. The van der Waals surface area contributed by atoms with Crippen LogP contribution in [0.3, 0.4) is 0 Å². The summed E-state index contributed by atoms with van der Waals surface area (Å²) in [5.74, 6) is -0.246. The van der Waals surface area contributed by atoms with Gasteiger partial charge in [-0.3, -0.25) is 4.79 Å². The van der Waals surface area contributed by atoms with Crippen LogP contribution in [-0.4, -0.2) is 26.2 Å². The van der Waals surface area contributed by atoms with Crippen molar-refractivity contribution in [3.8, 4) is 16.9 Å². The van der Waals surface area contributed by atoms with E-state index in [1.165, 1.54) is 12.3 Å². The number of nitrogens with one attached hydrogen (secondary N) is 1. The lowest BCUT2D eigenvalue weighted by Gasteiger charge is -2.20. The average molecular weight is 502 g/mol. The summed E-state index contributed by atoms with van der Waals surface area (Å²) in [6, 6.07) is 14.1. The molecule has 180 valence electrons. The lowest BCUT2D eigenvalue weighted by molar-refractivity contribution is 0.288. The third-order valence-electron chi connectivity index (χ3n) is 6.63. The maximum Gasteiger partial charge on any atom is 0.255 e. The highest BCUT2D eigenvalue weighted by atomic mass is 35.5. The number of aliphatic hydroxyl groups is 1. The first-order valence-electron chi connectivity index (χ1n) is 11.5. The highest BCUT2D eigenvalue weighted by Crippen LogP contribution is 2.45. The van der Waals surface area contributed by atoms with E-state index < -0.39 is 5.82 Å². The largest absolute Gasteiger partial charge is 0.506 e. The van der Waals surface area contributed by atoms with E-state index >= 15 is 4.39 Å². The van der Waals surface area contributed by atoms with Gasteiger partial charge in [0.2, 0.25) is 0 Å². The SMILES string of the molecule is C=C(O)c1c(-c2ccc[nH]c2=O)c2c3c(c(F)cc2n1Cc1cc(Cl)nc2ccccc12)CCCO3. The lowest BCUT2D eigenvalue weighted by atomic mass is 9.97. The molecule has 0 unspecified atom stereocenters. The van der Waals surface area contributed by atoms with E-state index in [1.54, 1.807) is 22.8 Å². The van der Waals surface area contributed by atoms with Crippen molar-refractivity contribution in [1.82, 2.24) is 14.5 Å². The summed E-state index contributed by atoms with van der Waals surface area (Å²) in [5, 5.41) is 12.6. The minimum atomic E-state index is -0.391. The van der Waals surface area contributed by atoms with E-state index in [1.807, 2.05) is 24.3 Å². The summed E-state index contributed by atoms with van der Waals surface area (Å²) in [7, 11) is 0. The summed E-state index contributed by atoms with van der Waals surface area (Å²) in [6.07, 6.45) is 2.75. The smallest absolute Gasteiger partial charge is 0.255 e. The van der Waals surface area contributed by atoms with Crippen molar-refractivity contribution in [2.24, 2.45) is 0 Å². The molecule has 0 spiro atoms. The fourth-order valence-electron chi connectivity index (χ4n) is 5.16. The first kappa shape index (κ1) is 22.4. The van der Waals surface area contributed by atoms with Gasteiger partial charge in [-0.05, 0) is 48.7 Å². The molecule has 0 saturated heterocycles. The second-order valence-corrected chi connectivity index (χ2v) is 9.19. The molecule has 0 aliphatic carbocycles. The van der Waals surface area contributed by atoms with Crippen LogP contribution in [0, 0.1) is 5.82 Å². The fraction of sp³-hybridized carbons (Fsp3) is 0.143. The van der Waals surface area contributed by atoms with E-state index in [0.717, 1.165) is 10.9 Å². The Morgan fingerprint density at radius 3 is 2.89 bits per heavy atom. The highest BCUT2D eigenvalue weighted by molar-refractivity contribution is 6.30. The Bertz CT molecular complexity index is 1760. The van der Waals surface area contributed by atoms with E-state index in [2.05, 4.69) is 16.5 Å². The predicted molar refractivity (Wildman–Crippen MR) is 139 cm³/mol. The third-order valence-corrected chi connectivity index (χ3v) is 6.83. The zero-order valence-corrected chi connectivity index (χ0v) is 19.9. The summed E-state index contributed by atoms with van der Waals surface area (Å²) in [4.78, 5) is 20.0. The van der Waals surface area contributed by atoms with Crippen molar-refractivity contribution >= 4 is 39.2 Å². The van der Waals surface area contributed by atoms with E-state index in [4.69, 9.17) is 16.3 Å². The molecule has 6 rings (SSSR count). The number of aliphatic hydroxyl groups excluding tert-OH is 1. The monoisotopic (exact) mass is 501 g/mol. The summed E-state index contributed by atoms with van der Waals surface area (Å²) in [5.41, 5.74) is 3.21. The van der Waals surface area contributed by atoms with Gasteiger partial charge in [-0.25, -0.2) is 9.37 Å². The second kappa shape index (κ2) is 8.53. The molecule has 5 aromatic rings. The van der Waals surface area contributed by atoms with Crippen LogP contribution < -0.4 is 10.3 Å². The Labute approximate surface area is 210 Å². The molecule has 0 fully saturated rings. The number of pyridine rings is 2. The molecule has 4 heterocycles. The molecule has 1 aliphatic heterocycles. The summed E-state index contributed by atoms with van der Waals surface area (Å²) < 4.78 is 23.1. The molecule has 6 nitrogen and oxygen atoms in total. The fourth-order valence-corrected chi connectivity index (χ4v) is 5.38. The molecular formula is C28H21ClFN3O3. The normalized spacial score (nSPS) is 13.1. The van der Waals surface area contributed by atoms with E-state index in [0.29, 0.717) is 69.2 Å². The van der Waals surface area contributed by atoms with E-state index in [-0.39, 0.29) is 17.9 Å². The van der Waals surface area contributed by atoms with Crippen LogP contribution in [0.25, 0.3) is 38.7 Å². The van der Waals surface area contributed by atoms with Gasteiger partial charge < -0.3 is 19.4 Å². The van der Waals surface area contributed by atoms with Gasteiger partial charge in [-0.15, -0.1) is 0 Å². The number of aromatic amines is 1. The molecule has 0 bridgehead atoms. The Morgan fingerprint density at radius 2 is 2.08 bits per heavy atom. The maximum absolute atomic E-state index is 15.4. The number of para-hydroxylation sites is 1. The maximum atomic E-state index is 15.4. The number of nitrogens with zero attached hydrogens (tertiary/aromatic N) is 2. The average Bonchev–Trinajstić information content (AvgIpc) is 3.18. The molecule has 36 heavy (non-hydrogen) atoms. The first-order chi connectivity index (χ1) is 17.4. The van der Waals surface area contributed by atoms with Gasteiger partial charge in [-0.1, -0.05) is 36.4 Å². The number of hydrogen-bond donors (Lipinski definition) is 2. The van der Waals surface area contributed by atoms with Crippen molar-refractivity contribution in [3.63, 3.8) is 0 Å². The summed E-state index contributed by atoms with van der Waals surface area (Å²) in [6.45, 7) is 4.45. The molecule has 3 aromatic heterocycles. The molecule has 8 heteroatoms. The van der Waals surface area contributed by atoms with Crippen LogP contribution >= 0.6 is 11.6 Å². The van der Waals surface area contributed by atoms with Crippen LogP contribution in [-0.2, 0) is 13.0 Å². The quantitative estimate of drug-likeness (QED) is 0.226. The summed E-state index contributed by atoms with van der Waals surface area (Å²) >= 11 is 6.34. The molecular weight excluding hydrogens is 481 g/mol. The number of rotatable bonds is 4. The number of hydrogen-bond acceptors (Lipinski definition) is 4. The molecule has 0 atom stereocenters. The molecule has 2 N–H and O–H groups in total. The number of fused-ring (bicyclic) bond motifs is 4. The minimum Gasteiger partial charge on any atom is -0.506 e. The first-order valence-corrected chi connectivity index (χ1v) is 11.9. The number of benzene rings is 2. The lowest BCUT2D eigenvalue weighted by Crippen LogP contribution is -2.11. The van der Waals surface area contributed by atoms with Gasteiger partial charge in [0.1, 0.15) is 22.5 Å². The number of aromatic nitrogens is 3. The topological polar surface area (TPSA) is 80.1 Å². The van der Waals surface area contributed by atoms with Gasteiger partial charge in [0.25, 0.3) is 5.56 Å². The molecule has 0 amide bonds. The van der Waals surface area contributed by atoms with Crippen LogP contribution in [0.1, 0.15) is 23.2 Å². The Balaban J connectivity index is 1.74. The molecule has 2 aromatic carbocycles. The van der Waals surface area contributed by atoms with Crippen molar-refractivity contribution in [2.75, 3.05) is 6.61 Å². The highest BCUT2D eigenvalue weighted by Gasteiger charge is 2.29. The van der Waals surface area contributed by atoms with Crippen molar-refractivity contribution in [3.05, 3.63) is 99.5 Å².